The van der Waals surface area contributed by atoms with Crippen LogP contribution in [0.25, 0.3) is 11.1 Å². The molecule has 4 amide bonds. The largest absolute Gasteiger partial charge is 0.481 e. The molecule has 17 nitrogen and oxygen atoms in total. The van der Waals surface area contributed by atoms with Crippen LogP contribution in [0.1, 0.15) is 97.0 Å². The first-order valence-electron chi connectivity index (χ1n) is 21.0. The zero-order valence-electron chi connectivity index (χ0n) is 35.7. The number of hydrogen-bond donors (Lipinski definition) is 9. The van der Waals surface area contributed by atoms with E-state index in [4.69, 9.17) is 10.8 Å². The number of aliphatic carboxylic acids is 2. The molecule has 0 bridgehead atoms. The van der Waals surface area contributed by atoms with Gasteiger partial charge in [0, 0.05) is 70.3 Å². The first-order chi connectivity index (χ1) is 29.1. The quantitative estimate of drug-likeness (QED) is 0.0480. The molecule has 2 rings (SSSR count). The minimum Gasteiger partial charge on any atom is -0.481 e. The van der Waals surface area contributed by atoms with Gasteiger partial charge in [-0.05, 0) is 80.4 Å². The third kappa shape index (κ3) is 22.6. The van der Waals surface area contributed by atoms with Gasteiger partial charge in [-0.2, -0.15) is 0 Å². The number of carbonyl (C=O) groups is 8. The maximum atomic E-state index is 14.1. The van der Waals surface area contributed by atoms with Crippen LogP contribution in [0, 0.1) is 5.92 Å². The number of amides is 4. The second-order valence-corrected chi connectivity index (χ2v) is 15.3. The smallest absolute Gasteiger partial charge is 0.326 e. The number of carboxylic acid groups (broad SMARTS) is 2. The Bertz CT molecular complexity index is 1740. The Kier molecular flexibility index (Phi) is 24.4. The van der Waals surface area contributed by atoms with Gasteiger partial charge in [0.15, 0.2) is 11.6 Å². The van der Waals surface area contributed by atoms with E-state index in [0.717, 1.165) is 36.0 Å². The van der Waals surface area contributed by atoms with Crippen LogP contribution in [-0.4, -0.2) is 108 Å². The molecular formula is C44H65N7O10. The van der Waals surface area contributed by atoms with Crippen LogP contribution in [0.4, 0.5) is 5.69 Å². The molecule has 336 valence electrons. The molecule has 0 aliphatic heterocycles. The third-order valence-corrected chi connectivity index (χ3v) is 9.84. The summed E-state index contributed by atoms with van der Waals surface area (Å²) >= 11 is 0. The average Bonchev–Trinajstić information content (AvgIpc) is 3.20. The monoisotopic (exact) mass is 851 g/mol. The van der Waals surface area contributed by atoms with Crippen LogP contribution in [0.5, 0.6) is 0 Å². The number of nitrogens with two attached hydrogens (primary N) is 1. The summed E-state index contributed by atoms with van der Waals surface area (Å²) in [6.07, 6.45) is 3.40. The van der Waals surface area contributed by atoms with E-state index in [-0.39, 0.29) is 87.5 Å². The predicted molar refractivity (Wildman–Crippen MR) is 231 cm³/mol. The molecule has 0 fully saturated rings. The average molecular weight is 852 g/mol. The van der Waals surface area contributed by atoms with E-state index in [1.54, 1.807) is 12.1 Å². The van der Waals surface area contributed by atoms with Gasteiger partial charge in [0.2, 0.25) is 23.6 Å². The molecule has 2 aromatic carbocycles. The number of unbranched alkanes of at least 4 members (excludes halogenated alkanes) is 1. The van der Waals surface area contributed by atoms with E-state index in [9.17, 15) is 43.5 Å². The van der Waals surface area contributed by atoms with Crippen molar-refractivity contribution in [3.63, 3.8) is 0 Å². The van der Waals surface area contributed by atoms with Crippen LogP contribution in [0.2, 0.25) is 0 Å². The van der Waals surface area contributed by atoms with E-state index in [1.807, 2.05) is 36.4 Å². The summed E-state index contributed by atoms with van der Waals surface area (Å²) in [5.41, 5.74) is 9.46. The summed E-state index contributed by atoms with van der Waals surface area (Å²) < 4.78 is 0. The van der Waals surface area contributed by atoms with Crippen molar-refractivity contribution in [2.45, 2.75) is 116 Å². The lowest BCUT2D eigenvalue weighted by Gasteiger charge is -2.23. The highest BCUT2D eigenvalue weighted by Crippen LogP contribution is 2.24. The minimum atomic E-state index is -1.33. The van der Waals surface area contributed by atoms with Gasteiger partial charge >= 0.3 is 11.9 Å². The molecule has 17 heteroatoms. The summed E-state index contributed by atoms with van der Waals surface area (Å²) in [7, 11) is 0. The molecule has 0 heterocycles. The van der Waals surface area contributed by atoms with Crippen molar-refractivity contribution in [2.24, 2.45) is 11.7 Å². The Morgan fingerprint density at radius 1 is 0.705 bits per heavy atom. The summed E-state index contributed by atoms with van der Waals surface area (Å²) in [6, 6.07) is 12.8. The molecule has 0 saturated carbocycles. The fourth-order valence-corrected chi connectivity index (χ4v) is 6.47. The van der Waals surface area contributed by atoms with Gasteiger partial charge in [0.1, 0.15) is 6.04 Å². The topological polar surface area (TPSA) is 275 Å². The van der Waals surface area contributed by atoms with Crippen molar-refractivity contribution in [2.75, 3.05) is 38.0 Å². The Balaban J connectivity index is 2.25. The molecule has 0 aliphatic rings. The van der Waals surface area contributed by atoms with Crippen molar-refractivity contribution >= 4 is 52.8 Å². The van der Waals surface area contributed by atoms with Crippen molar-refractivity contribution in [1.82, 2.24) is 26.6 Å². The molecule has 0 unspecified atom stereocenters. The van der Waals surface area contributed by atoms with Crippen LogP contribution in [0.15, 0.2) is 48.5 Å². The van der Waals surface area contributed by atoms with E-state index >= 15 is 0 Å². The van der Waals surface area contributed by atoms with E-state index in [1.165, 1.54) is 13.8 Å². The number of carbonyl (C=O) groups excluding carboxylic acids is 6. The molecule has 4 atom stereocenters. The summed E-state index contributed by atoms with van der Waals surface area (Å²) in [6.45, 7) is 6.02. The van der Waals surface area contributed by atoms with Crippen LogP contribution in [0.3, 0.4) is 0 Å². The van der Waals surface area contributed by atoms with Crippen LogP contribution >= 0.6 is 0 Å². The normalized spacial score (nSPS) is 12.9. The molecule has 61 heavy (non-hydrogen) atoms. The highest BCUT2D eigenvalue weighted by atomic mass is 16.4. The third-order valence-electron chi connectivity index (χ3n) is 9.84. The minimum absolute atomic E-state index is 0.0368. The van der Waals surface area contributed by atoms with E-state index in [0.29, 0.717) is 38.2 Å². The van der Waals surface area contributed by atoms with E-state index < -0.39 is 41.8 Å². The lowest BCUT2D eigenvalue weighted by molar-refractivity contribution is -0.142. The SMILES string of the molecule is CCCC[C@H](N)CNCC[C@H](NCCCC(=O)CNC(C)=O)C(=O)C[C@H](Cc1ccc(-c2ccc(NC(C)=O)cc2)cc1)C(=O)NCC[C@@H](NC(=O)CCCC(=O)O)C(=O)O. The van der Waals surface area contributed by atoms with E-state index in [2.05, 4.69) is 38.8 Å². The Labute approximate surface area is 358 Å². The molecule has 0 aromatic heterocycles. The molecular weight excluding hydrogens is 787 g/mol. The maximum Gasteiger partial charge on any atom is 0.326 e. The molecule has 0 radical (unpaired) electrons. The lowest BCUT2D eigenvalue weighted by Crippen LogP contribution is -2.45. The zero-order chi connectivity index (χ0) is 45.2. The maximum absolute atomic E-state index is 14.1. The summed E-state index contributed by atoms with van der Waals surface area (Å²) in [5.74, 6) is -5.20. The highest BCUT2D eigenvalue weighted by molar-refractivity contribution is 5.91. The fourth-order valence-electron chi connectivity index (χ4n) is 6.47. The number of nitrogens with one attached hydrogen (secondary N) is 6. The number of hydrogen-bond acceptors (Lipinski definition) is 11. The lowest BCUT2D eigenvalue weighted by atomic mass is 9.89. The van der Waals surface area contributed by atoms with Crippen molar-refractivity contribution in [1.29, 1.82) is 0 Å². The summed E-state index contributed by atoms with van der Waals surface area (Å²) in [5, 5.41) is 35.5. The Morgan fingerprint density at radius 2 is 1.36 bits per heavy atom. The number of Topliss-reactive ketones (excluding diaryl/α,β-unsaturated/α-hetero) is 2. The second kappa shape index (κ2) is 28.9. The number of rotatable bonds is 32. The zero-order valence-corrected chi connectivity index (χ0v) is 35.7. The molecule has 2 aromatic rings. The summed E-state index contributed by atoms with van der Waals surface area (Å²) in [4.78, 5) is 97.8. The van der Waals surface area contributed by atoms with Crippen LogP contribution < -0.4 is 37.6 Å². The Morgan fingerprint density at radius 3 is 1.97 bits per heavy atom. The van der Waals surface area contributed by atoms with Gasteiger partial charge < -0.3 is 47.8 Å². The number of benzene rings is 2. The van der Waals surface area contributed by atoms with Gasteiger partial charge in [0.05, 0.1) is 12.6 Å². The number of carboxylic acids is 2. The molecule has 0 spiro atoms. The van der Waals surface area contributed by atoms with Gasteiger partial charge in [0.25, 0.3) is 0 Å². The van der Waals surface area contributed by atoms with Crippen molar-refractivity contribution < 1.29 is 48.6 Å². The predicted octanol–water partition coefficient (Wildman–Crippen LogP) is 2.70. The highest BCUT2D eigenvalue weighted by Gasteiger charge is 2.28. The van der Waals surface area contributed by atoms with Gasteiger partial charge in [-0.1, -0.05) is 56.2 Å². The molecule has 0 saturated heterocycles. The van der Waals surface area contributed by atoms with Gasteiger partial charge in [-0.15, -0.1) is 0 Å². The van der Waals surface area contributed by atoms with Gasteiger partial charge in [-0.3, -0.25) is 33.6 Å². The van der Waals surface area contributed by atoms with Gasteiger partial charge in [-0.25, -0.2) is 4.79 Å². The van der Waals surface area contributed by atoms with Crippen molar-refractivity contribution in [3.05, 3.63) is 54.1 Å². The number of ketones is 2. The first kappa shape index (κ1) is 51.6. The van der Waals surface area contributed by atoms with Crippen LogP contribution in [-0.2, 0) is 44.8 Å². The molecule has 10 N–H and O–H groups in total. The second-order valence-electron chi connectivity index (χ2n) is 15.3. The standard InChI is InChI=1S/C44H65N7O10/c1-4-5-8-35(45)27-46-23-20-38(47-22-7-9-37(54)28-49-29(2)52)40(55)26-34(43(59)48-24-21-39(44(60)61)51-41(56)10-6-11-42(57)58)25-31-12-14-32(15-13-31)33-16-18-36(19-17-33)50-30(3)53/h12-19,34-35,38-39,46-47H,4-11,20-28,45H2,1-3H3,(H,48,59)(H,49,52)(H,50,53)(H,51,56)(H,57,58)(H,60,61)/t34-,35-,38-,39+/m0/s1. The van der Waals surface area contributed by atoms with Crippen molar-refractivity contribution in [3.8, 4) is 11.1 Å². The molecule has 0 aliphatic carbocycles. The first-order valence-corrected chi connectivity index (χ1v) is 21.0. The Hall–Kier alpha value is -5.52. The number of anilines is 1. The fraction of sp³-hybridized carbons (Fsp3) is 0.545.